The van der Waals surface area contributed by atoms with Crippen LogP contribution >= 0.6 is 0 Å². The topological polar surface area (TPSA) is 177 Å². The largest absolute Gasteiger partial charge is 0.481 e. The Labute approximate surface area is 230 Å². The van der Waals surface area contributed by atoms with E-state index in [0.29, 0.717) is 16.7 Å². The molecule has 12 heteroatoms. The van der Waals surface area contributed by atoms with E-state index in [-0.39, 0.29) is 30.1 Å². The monoisotopic (exact) mass is 552 g/mol. The molecule has 4 amide bonds. The average molecular weight is 553 g/mol. The minimum Gasteiger partial charge on any atom is -0.481 e. The number of amides is 4. The van der Waals surface area contributed by atoms with Crippen LogP contribution in [0.3, 0.4) is 0 Å². The molecule has 2 aromatic rings. The summed E-state index contributed by atoms with van der Waals surface area (Å²) in [6.07, 6.45) is 0.853. The van der Waals surface area contributed by atoms with E-state index < -0.39 is 61.3 Å². The summed E-state index contributed by atoms with van der Waals surface area (Å²) < 4.78 is 0. The summed E-state index contributed by atoms with van der Waals surface area (Å²) in [6, 6.07) is 7.23. The fourth-order valence-corrected chi connectivity index (χ4v) is 4.57. The Kier molecular flexibility index (Phi) is 9.75. The number of fused-ring (bicyclic) bond motifs is 1. The van der Waals surface area contributed by atoms with Crippen LogP contribution in [-0.2, 0) is 25.8 Å². The molecule has 1 heterocycles. The average Bonchev–Trinajstić information content (AvgIpc) is 3.02. The molecule has 0 spiro atoms. The normalized spacial score (nSPS) is 15.5. The zero-order valence-electron chi connectivity index (χ0n) is 22.2. The number of aliphatic hydroxyl groups is 2. The first-order chi connectivity index (χ1) is 19.0. The van der Waals surface area contributed by atoms with Crippen molar-refractivity contribution in [2.24, 2.45) is 0 Å². The standard InChI is InChI=1S/C28H32N4O8/c1-4-19(11-26(37)38)29-24(35)13-32-23-8-6-5-7-22(23)31(25(36)15-34)12-21(28(32)40)30-27(39)18-9-16(2)20(14-33)17(3)10-18/h4-10,19,21,33-34H,1,11-15H2,2-3H3,(H,29,35)(H,30,39)(H,37,38)/t19-,21+/m1/s1. The van der Waals surface area contributed by atoms with Crippen LogP contribution in [0, 0.1) is 13.8 Å². The highest BCUT2D eigenvalue weighted by Gasteiger charge is 2.37. The summed E-state index contributed by atoms with van der Waals surface area (Å²) in [5.74, 6) is -3.88. The second-order valence-corrected chi connectivity index (χ2v) is 9.36. The number of carbonyl (C=O) groups is 5. The molecule has 0 aliphatic carbocycles. The van der Waals surface area contributed by atoms with Gasteiger partial charge in [0.2, 0.25) is 5.91 Å². The van der Waals surface area contributed by atoms with Crippen LogP contribution in [-0.4, -0.2) is 76.7 Å². The van der Waals surface area contributed by atoms with Crippen LogP contribution in [0.15, 0.2) is 49.1 Å². The highest BCUT2D eigenvalue weighted by molar-refractivity contribution is 6.11. The van der Waals surface area contributed by atoms with Crippen molar-refractivity contribution in [2.45, 2.75) is 39.0 Å². The van der Waals surface area contributed by atoms with E-state index in [1.807, 2.05) is 0 Å². The number of nitrogens with one attached hydrogen (secondary N) is 2. The third-order valence-corrected chi connectivity index (χ3v) is 6.58. The lowest BCUT2D eigenvalue weighted by Crippen LogP contribution is -2.54. The number of aliphatic carboxylic acids is 1. The van der Waals surface area contributed by atoms with Gasteiger partial charge in [-0.3, -0.25) is 28.9 Å². The minimum atomic E-state index is -1.31. The number of para-hydroxylation sites is 2. The van der Waals surface area contributed by atoms with Gasteiger partial charge < -0.3 is 30.9 Å². The number of carbonyl (C=O) groups excluding carboxylic acids is 4. The van der Waals surface area contributed by atoms with Gasteiger partial charge in [-0.25, -0.2) is 0 Å². The van der Waals surface area contributed by atoms with Crippen molar-refractivity contribution in [2.75, 3.05) is 29.5 Å². The molecule has 3 rings (SSSR count). The lowest BCUT2D eigenvalue weighted by atomic mass is 9.99. The first-order valence-corrected chi connectivity index (χ1v) is 12.5. The van der Waals surface area contributed by atoms with Crippen molar-refractivity contribution in [3.63, 3.8) is 0 Å². The van der Waals surface area contributed by atoms with Crippen LogP contribution < -0.4 is 20.4 Å². The van der Waals surface area contributed by atoms with E-state index in [9.17, 15) is 34.2 Å². The summed E-state index contributed by atoms with van der Waals surface area (Å²) >= 11 is 0. The Hall–Kier alpha value is -4.55. The van der Waals surface area contributed by atoms with Gasteiger partial charge in [0.05, 0.1) is 37.0 Å². The summed E-state index contributed by atoms with van der Waals surface area (Å²) in [6.45, 7) is 5.09. The van der Waals surface area contributed by atoms with Crippen LogP contribution in [0.1, 0.15) is 33.5 Å². The van der Waals surface area contributed by atoms with E-state index in [1.54, 1.807) is 44.2 Å². The van der Waals surface area contributed by atoms with Gasteiger partial charge >= 0.3 is 5.97 Å². The van der Waals surface area contributed by atoms with Gasteiger partial charge in [-0.1, -0.05) is 18.2 Å². The van der Waals surface area contributed by atoms with Crippen LogP contribution in [0.25, 0.3) is 0 Å². The minimum absolute atomic E-state index is 0.188. The maximum absolute atomic E-state index is 13.8. The van der Waals surface area contributed by atoms with E-state index in [2.05, 4.69) is 17.2 Å². The quantitative estimate of drug-likeness (QED) is 0.263. The number of hydrogen-bond donors (Lipinski definition) is 5. The van der Waals surface area contributed by atoms with E-state index in [4.69, 9.17) is 5.11 Å². The number of aliphatic hydroxyl groups excluding tert-OH is 2. The molecule has 0 radical (unpaired) electrons. The van der Waals surface area contributed by atoms with Crippen molar-refractivity contribution >= 4 is 41.0 Å². The van der Waals surface area contributed by atoms with Gasteiger partial charge in [-0.15, -0.1) is 6.58 Å². The Morgan fingerprint density at radius 3 is 2.27 bits per heavy atom. The molecule has 1 aliphatic heterocycles. The molecule has 0 saturated carbocycles. The summed E-state index contributed by atoms with van der Waals surface area (Å²) in [4.78, 5) is 66.1. The fraction of sp³-hybridized carbons (Fsp3) is 0.321. The predicted molar refractivity (Wildman–Crippen MR) is 146 cm³/mol. The van der Waals surface area contributed by atoms with Crippen molar-refractivity contribution in [1.82, 2.24) is 10.6 Å². The molecule has 1 aliphatic rings. The van der Waals surface area contributed by atoms with Gasteiger partial charge in [-0.2, -0.15) is 0 Å². The summed E-state index contributed by atoms with van der Waals surface area (Å²) in [7, 11) is 0. The molecule has 0 unspecified atom stereocenters. The van der Waals surface area contributed by atoms with Crippen molar-refractivity contribution in [3.05, 3.63) is 71.3 Å². The number of benzene rings is 2. The molecule has 2 aromatic carbocycles. The number of aryl methyl sites for hydroxylation is 2. The molecule has 0 saturated heterocycles. The van der Waals surface area contributed by atoms with Crippen molar-refractivity contribution < 1.29 is 39.3 Å². The number of carboxylic acid groups (broad SMARTS) is 1. The lowest BCUT2D eigenvalue weighted by Gasteiger charge is -2.26. The number of carboxylic acids is 1. The third kappa shape index (κ3) is 6.71. The number of anilines is 2. The van der Waals surface area contributed by atoms with Gasteiger partial charge in [0, 0.05) is 5.56 Å². The molecule has 5 N–H and O–H groups in total. The fourth-order valence-electron chi connectivity index (χ4n) is 4.57. The zero-order chi connectivity index (χ0) is 29.6. The first-order valence-electron chi connectivity index (χ1n) is 12.5. The van der Waals surface area contributed by atoms with Crippen LogP contribution in [0.5, 0.6) is 0 Å². The van der Waals surface area contributed by atoms with E-state index in [1.165, 1.54) is 17.0 Å². The maximum atomic E-state index is 13.8. The number of nitrogens with zero attached hydrogens (tertiary/aromatic N) is 2. The maximum Gasteiger partial charge on any atom is 0.305 e. The highest BCUT2D eigenvalue weighted by Crippen LogP contribution is 2.33. The summed E-state index contributed by atoms with van der Waals surface area (Å²) in [5, 5.41) is 33.4. The highest BCUT2D eigenvalue weighted by atomic mass is 16.4. The molecular formula is C28H32N4O8. The second-order valence-electron chi connectivity index (χ2n) is 9.36. The number of hydrogen-bond acceptors (Lipinski definition) is 7. The zero-order valence-corrected chi connectivity index (χ0v) is 22.2. The molecule has 0 fully saturated rings. The Morgan fingerprint density at radius 2 is 1.73 bits per heavy atom. The van der Waals surface area contributed by atoms with E-state index in [0.717, 1.165) is 4.90 Å². The number of rotatable bonds is 10. The van der Waals surface area contributed by atoms with Crippen molar-refractivity contribution in [3.8, 4) is 0 Å². The third-order valence-electron chi connectivity index (χ3n) is 6.58. The van der Waals surface area contributed by atoms with Gasteiger partial charge in [0.1, 0.15) is 19.2 Å². The first kappa shape index (κ1) is 30.0. The molecule has 0 aromatic heterocycles. The van der Waals surface area contributed by atoms with Gasteiger partial charge in [0.15, 0.2) is 0 Å². The second kappa shape index (κ2) is 13.0. The van der Waals surface area contributed by atoms with Gasteiger partial charge in [0.25, 0.3) is 17.7 Å². The van der Waals surface area contributed by atoms with Crippen molar-refractivity contribution in [1.29, 1.82) is 0 Å². The molecule has 212 valence electrons. The SMILES string of the molecule is C=C[C@H](CC(=O)O)NC(=O)CN1C(=O)[C@@H](NC(=O)c2cc(C)c(CO)c(C)c2)CN(C(=O)CO)c2ccccc21. The smallest absolute Gasteiger partial charge is 0.305 e. The molecule has 12 nitrogen and oxygen atoms in total. The van der Waals surface area contributed by atoms with Crippen LogP contribution in [0.2, 0.25) is 0 Å². The molecule has 0 bridgehead atoms. The summed E-state index contributed by atoms with van der Waals surface area (Å²) in [5.41, 5.74) is 2.70. The van der Waals surface area contributed by atoms with E-state index >= 15 is 0 Å². The predicted octanol–water partition coefficient (Wildman–Crippen LogP) is 0.412. The Morgan fingerprint density at radius 1 is 1.10 bits per heavy atom. The molecule has 2 atom stereocenters. The van der Waals surface area contributed by atoms with Crippen LogP contribution in [0.4, 0.5) is 11.4 Å². The Balaban J connectivity index is 1.98. The molecular weight excluding hydrogens is 520 g/mol. The Bertz CT molecular complexity index is 1320. The van der Waals surface area contributed by atoms with Gasteiger partial charge in [-0.05, 0) is 54.8 Å². The molecule has 40 heavy (non-hydrogen) atoms. The lowest BCUT2D eigenvalue weighted by molar-refractivity contribution is -0.137.